The molecule has 2 rings (SSSR count). The summed E-state index contributed by atoms with van der Waals surface area (Å²) in [6, 6.07) is 0.580. The Labute approximate surface area is 116 Å². The van der Waals surface area contributed by atoms with Crippen LogP contribution in [0.4, 0.5) is 0 Å². The second kappa shape index (κ2) is 4.73. The van der Waals surface area contributed by atoms with E-state index in [2.05, 4.69) is 46.9 Å². The maximum atomic E-state index is 4.71. The number of hydrogen-bond acceptors (Lipinski definition) is 3. The number of thioether (sulfide) groups is 1. The fraction of sp³-hybridized carbons (Fsp3) is 0.933. The van der Waals surface area contributed by atoms with Crippen LogP contribution >= 0.6 is 11.8 Å². The molecule has 0 bridgehead atoms. The summed E-state index contributed by atoms with van der Waals surface area (Å²) in [5.74, 6) is 0.818. The summed E-state index contributed by atoms with van der Waals surface area (Å²) in [5, 5.41) is 5.57. The third-order valence-electron chi connectivity index (χ3n) is 5.54. The molecule has 1 unspecified atom stereocenters. The van der Waals surface area contributed by atoms with Gasteiger partial charge in [-0.1, -0.05) is 66.1 Å². The van der Waals surface area contributed by atoms with E-state index >= 15 is 0 Å². The summed E-state index contributed by atoms with van der Waals surface area (Å²) in [6.07, 6.45) is 2.55. The van der Waals surface area contributed by atoms with Gasteiger partial charge in [-0.05, 0) is 16.7 Å². The molecule has 0 aromatic heterocycles. The molecule has 2 aliphatic rings. The zero-order valence-corrected chi connectivity index (χ0v) is 13.5. The summed E-state index contributed by atoms with van der Waals surface area (Å²) in [7, 11) is 0. The van der Waals surface area contributed by atoms with E-state index < -0.39 is 0 Å². The van der Waals surface area contributed by atoms with E-state index in [9.17, 15) is 0 Å². The Morgan fingerprint density at radius 1 is 1.22 bits per heavy atom. The maximum absolute atomic E-state index is 4.71. The minimum absolute atomic E-state index is 0.392. The molecule has 3 heteroatoms. The first-order valence-corrected chi connectivity index (χ1v) is 8.20. The van der Waals surface area contributed by atoms with Crippen molar-refractivity contribution < 1.29 is 0 Å². The topological polar surface area (TPSA) is 24.4 Å². The summed E-state index contributed by atoms with van der Waals surface area (Å²) < 4.78 is 0. The molecule has 1 saturated carbocycles. The first-order valence-electron chi connectivity index (χ1n) is 7.32. The van der Waals surface area contributed by atoms with Crippen LogP contribution in [-0.4, -0.2) is 23.0 Å². The van der Waals surface area contributed by atoms with Crippen molar-refractivity contribution in [3.8, 4) is 0 Å². The lowest BCUT2D eigenvalue weighted by atomic mass is 9.99. The Balaban J connectivity index is 1.88. The quantitative estimate of drug-likeness (QED) is 0.836. The van der Waals surface area contributed by atoms with E-state index in [1.54, 1.807) is 0 Å². The number of rotatable bonds is 4. The predicted molar refractivity (Wildman–Crippen MR) is 82.2 cm³/mol. The highest BCUT2D eigenvalue weighted by Gasteiger charge is 2.65. The normalized spacial score (nSPS) is 29.5. The number of nitrogens with zero attached hydrogens (tertiary/aromatic N) is 1. The number of amidine groups is 1. The van der Waals surface area contributed by atoms with Crippen LogP contribution < -0.4 is 5.32 Å². The number of hydrogen-bond donors (Lipinski definition) is 1. The van der Waals surface area contributed by atoms with Crippen molar-refractivity contribution in [2.75, 3.05) is 6.54 Å². The molecule has 0 aromatic rings. The first kappa shape index (κ1) is 14.2. The van der Waals surface area contributed by atoms with E-state index in [1.165, 1.54) is 18.0 Å². The van der Waals surface area contributed by atoms with Crippen molar-refractivity contribution in [1.82, 2.24) is 5.32 Å². The third-order valence-corrected chi connectivity index (χ3v) is 6.85. The molecule has 1 aliphatic heterocycles. The van der Waals surface area contributed by atoms with Gasteiger partial charge < -0.3 is 5.32 Å². The molecule has 1 fully saturated rings. The van der Waals surface area contributed by atoms with Crippen molar-refractivity contribution in [2.24, 2.45) is 21.7 Å². The molecular formula is C15H28N2S. The van der Waals surface area contributed by atoms with Crippen molar-refractivity contribution in [2.45, 2.75) is 65.7 Å². The van der Waals surface area contributed by atoms with E-state index in [4.69, 9.17) is 4.99 Å². The monoisotopic (exact) mass is 268 g/mol. The van der Waals surface area contributed by atoms with E-state index in [1.807, 2.05) is 11.8 Å². The van der Waals surface area contributed by atoms with E-state index in [0.29, 0.717) is 22.1 Å². The van der Waals surface area contributed by atoms with Gasteiger partial charge in [-0.3, -0.25) is 4.99 Å². The molecule has 0 aromatic carbocycles. The van der Waals surface area contributed by atoms with Crippen LogP contribution in [0.5, 0.6) is 0 Å². The van der Waals surface area contributed by atoms with Gasteiger partial charge in [0.1, 0.15) is 0 Å². The SMILES string of the molecule is CCC(CC)C1CN=C(NC2C(C)(C)C2(C)C)S1. The Morgan fingerprint density at radius 2 is 1.78 bits per heavy atom. The molecule has 0 radical (unpaired) electrons. The van der Waals surface area contributed by atoms with Crippen molar-refractivity contribution in [3.05, 3.63) is 0 Å². The fourth-order valence-corrected chi connectivity index (χ4v) is 4.56. The van der Waals surface area contributed by atoms with Crippen LogP contribution in [0.1, 0.15) is 54.4 Å². The lowest BCUT2D eigenvalue weighted by molar-refractivity contribution is 0.457. The Hall–Kier alpha value is -0.180. The molecule has 104 valence electrons. The van der Waals surface area contributed by atoms with Gasteiger partial charge in [0.15, 0.2) is 5.17 Å². The van der Waals surface area contributed by atoms with Gasteiger partial charge in [0.25, 0.3) is 0 Å². The average molecular weight is 268 g/mol. The van der Waals surface area contributed by atoms with E-state index in [-0.39, 0.29) is 0 Å². The molecule has 18 heavy (non-hydrogen) atoms. The second-order valence-corrected chi connectivity index (χ2v) is 8.13. The minimum Gasteiger partial charge on any atom is -0.361 e. The van der Waals surface area contributed by atoms with Gasteiger partial charge >= 0.3 is 0 Å². The Kier molecular flexibility index (Phi) is 3.74. The average Bonchev–Trinajstić information content (AvgIpc) is 2.70. The Bertz CT molecular complexity index is 328. The van der Waals surface area contributed by atoms with Gasteiger partial charge in [0.2, 0.25) is 0 Å². The van der Waals surface area contributed by atoms with Crippen molar-refractivity contribution in [3.63, 3.8) is 0 Å². The molecule has 2 nitrogen and oxygen atoms in total. The molecule has 0 spiro atoms. The van der Waals surface area contributed by atoms with Crippen LogP contribution in [0.2, 0.25) is 0 Å². The Morgan fingerprint density at radius 3 is 2.22 bits per heavy atom. The molecule has 1 N–H and O–H groups in total. The zero-order chi connectivity index (χ0) is 13.6. The standard InChI is InChI=1S/C15H28N2S/c1-7-10(8-2)11-9-16-13(18-11)17-12-14(3,4)15(12,5)6/h10-12H,7-9H2,1-6H3,(H,16,17). The van der Waals surface area contributed by atoms with Gasteiger partial charge in [-0.25, -0.2) is 0 Å². The second-order valence-electron chi connectivity index (χ2n) is 6.90. The fourth-order valence-electron chi connectivity index (χ4n) is 3.21. The predicted octanol–water partition coefficient (Wildman–Crippen LogP) is 3.92. The lowest BCUT2D eigenvalue weighted by Gasteiger charge is -2.18. The van der Waals surface area contributed by atoms with E-state index in [0.717, 1.165) is 12.5 Å². The van der Waals surface area contributed by atoms with Crippen LogP contribution in [0.3, 0.4) is 0 Å². The molecule has 0 amide bonds. The molecule has 1 aliphatic carbocycles. The largest absolute Gasteiger partial charge is 0.361 e. The van der Waals surface area contributed by atoms with Crippen molar-refractivity contribution >= 4 is 16.9 Å². The molecule has 0 saturated heterocycles. The first-order chi connectivity index (χ1) is 8.34. The highest BCUT2D eigenvalue weighted by Crippen LogP contribution is 2.62. The van der Waals surface area contributed by atoms with Crippen LogP contribution in [-0.2, 0) is 0 Å². The summed E-state index contributed by atoms with van der Waals surface area (Å²) in [4.78, 5) is 4.71. The highest BCUT2D eigenvalue weighted by atomic mass is 32.2. The van der Waals surface area contributed by atoms with Gasteiger partial charge in [-0.2, -0.15) is 0 Å². The van der Waals surface area contributed by atoms with Crippen LogP contribution in [0, 0.1) is 16.7 Å². The lowest BCUT2D eigenvalue weighted by Crippen LogP contribution is -2.27. The zero-order valence-electron chi connectivity index (χ0n) is 12.7. The van der Waals surface area contributed by atoms with Gasteiger partial charge in [-0.15, -0.1) is 0 Å². The summed E-state index contributed by atoms with van der Waals surface area (Å²) in [6.45, 7) is 15.0. The van der Waals surface area contributed by atoms with Gasteiger partial charge in [0.05, 0.1) is 6.54 Å². The highest BCUT2D eigenvalue weighted by molar-refractivity contribution is 8.14. The molecular weight excluding hydrogens is 240 g/mol. The molecule has 1 heterocycles. The van der Waals surface area contributed by atoms with Crippen LogP contribution in [0.25, 0.3) is 0 Å². The summed E-state index contributed by atoms with van der Waals surface area (Å²) in [5.41, 5.74) is 0.784. The number of nitrogens with one attached hydrogen (secondary N) is 1. The minimum atomic E-state index is 0.392. The molecule has 1 atom stereocenters. The van der Waals surface area contributed by atoms with Crippen molar-refractivity contribution in [1.29, 1.82) is 0 Å². The van der Waals surface area contributed by atoms with Crippen LogP contribution in [0.15, 0.2) is 4.99 Å². The maximum Gasteiger partial charge on any atom is 0.157 e. The summed E-state index contributed by atoms with van der Waals surface area (Å²) >= 11 is 1.98. The van der Waals surface area contributed by atoms with Gasteiger partial charge in [0, 0.05) is 11.3 Å². The third kappa shape index (κ3) is 2.19. The number of aliphatic imine (C=N–C) groups is 1. The smallest absolute Gasteiger partial charge is 0.157 e.